The number of hydrogen-bond acceptors (Lipinski definition) is 3. The van der Waals surface area contributed by atoms with Gasteiger partial charge >= 0.3 is 6.09 Å². The van der Waals surface area contributed by atoms with Gasteiger partial charge in [0.25, 0.3) is 0 Å². The van der Waals surface area contributed by atoms with Gasteiger partial charge in [-0.05, 0) is 32.4 Å². The van der Waals surface area contributed by atoms with Gasteiger partial charge in [0.05, 0.1) is 12.5 Å². The van der Waals surface area contributed by atoms with Crippen LogP contribution in [0.3, 0.4) is 0 Å². The minimum atomic E-state index is -0.533. The highest BCUT2D eigenvalue weighted by atomic mass is 16.6. The Morgan fingerprint density at radius 3 is 2.65 bits per heavy atom. The number of carbonyl (C=O) groups excluding carboxylic acids is 1. The molecule has 1 amide bonds. The van der Waals surface area contributed by atoms with E-state index >= 15 is 0 Å². The second-order valence-corrected chi connectivity index (χ2v) is 4.62. The number of para-hydroxylation sites is 1. The molecule has 4 nitrogen and oxygen atoms in total. The van der Waals surface area contributed by atoms with Crippen LogP contribution in [0.4, 0.5) is 10.5 Å². The van der Waals surface area contributed by atoms with Crippen LogP contribution in [0, 0.1) is 11.3 Å². The minimum absolute atomic E-state index is 0.256. The van der Waals surface area contributed by atoms with E-state index in [0.717, 1.165) is 5.56 Å². The van der Waals surface area contributed by atoms with Crippen molar-refractivity contribution in [2.24, 2.45) is 0 Å². The second kappa shape index (κ2) is 5.35. The number of benzene rings is 1. The van der Waals surface area contributed by atoms with Crippen molar-refractivity contribution in [3.8, 4) is 6.07 Å². The fourth-order valence-electron chi connectivity index (χ4n) is 1.30. The average molecular weight is 232 g/mol. The Labute approximate surface area is 101 Å². The second-order valence-electron chi connectivity index (χ2n) is 4.62. The predicted octanol–water partition coefficient (Wildman–Crippen LogP) is 3.10. The van der Waals surface area contributed by atoms with Gasteiger partial charge in [-0.15, -0.1) is 0 Å². The van der Waals surface area contributed by atoms with E-state index in [1.54, 1.807) is 39.0 Å². The number of nitrogens with one attached hydrogen (secondary N) is 1. The van der Waals surface area contributed by atoms with Crippen molar-refractivity contribution in [3.05, 3.63) is 29.8 Å². The van der Waals surface area contributed by atoms with Gasteiger partial charge in [0.1, 0.15) is 5.60 Å². The average Bonchev–Trinajstić information content (AvgIpc) is 2.18. The quantitative estimate of drug-likeness (QED) is 0.852. The molecule has 0 aliphatic rings. The summed E-state index contributed by atoms with van der Waals surface area (Å²) < 4.78 is 5.14. The monoisotopic (exact) mass is 232 g/mol. The van der Waals surface area contributed by atoms with E-state index in [-0.39, 0.29) is 6.42 Å². The SMILES string of the molecule is CC(C)(C)OC(=O)Nc1ccccc1CC#N. The topological polar surface area (TPSA) is 62.1 Å². The molecule has 0 spiro atoms. The number of amides is 1. The predicted molar refractivity (Wildman–Crippen MR) is 65.6 cm³/mol. The lowest BCUT2D eigenvalue weighted by atomic mass is 10.1. The van der Waals surface area contributed by atoms with Crippen molar-refractivity contribution in [1.29, 1.82) is 5.26 Å². The molecule has 90 valence electrons. The van der Waals surface area contributed by atoms with Gasteiger partial charge in [-0.1, -0.05) is 18.2 Å². The molecule has 0 aliphatic carbocycles. The molecule has 4 heteroatoms. The van der Waals surface area contributed by atoms with Crippen molar-refractivity contribution in [1.82, 2.24) is 0 Å². The maximum atomic E-state index is 11.6. The van der Waals surface area contributed by atoms with Gasteiger partial charge in [-0.25, -0.2) is 4.79 Å². The number of hydrogen-bond donors (Lipinski definition) is 1. The molecule has 0 saturated heterocycles. The Morgan fingerprint density at radius 2 is 2.06 bits per heavy atom. The highest BCUT2D eigenvalue weighted by Crippen LogP contribution is 2.17. The van der Waals surface area contributed by atoms with E-state index in [2.05, 4.69) is 11.4 Å². The van der Waals surface area contributed by atoms with E-state index in [0.29, 0.717) is 5.69 Å². The molecule has 0 atom stereocenters. The standard InChI is InChI=1S/C13H16N2O2/c1-13(2,3)17-12(16)15-11-7-5-4-6-10(11)8-9-14/h4-7H,8H2,1-3H3,(H,15,16). The van der Waals surface area contributed by atoms with Crippen molar-refractivity contribution >= 4 is 11.8 Å². The summed E-state index contributed by atoms with van der Waals surface area (Å²) in [4.78, 5) is 11.6. The first-order valence-electron chi connectivity index (χ1n) is 5.37. The van der Waals surface area contributed by atoms with Crippen molar-refractivity contribution in [2.45, 2.75) is 32.8 Å². The summed E-state index contributed by atoms with van der Waals surface area (Å²) in [6.07, 6.45) is -0.255. The molecule has 0 radical (unpaired) electrons. The van der Waals surface area contributed by atoms with Crippen LogP contribution in [0.5, 0.6) is 0 Å². The molecule has 1 rings (SSSR count). The number of nitriles is 1. The number of ether oxygens (including phenoxy) is 1. The zero-order chi connectivity index (χ0) is 12.9. The summed E-state index contributed by atoms with van der Waals surface area (Å²) in [5.74, 6) is 0. The molecular weight excluding hydrogens is 216 g/mol. The zero-order valence-corrected chi connectivity index (χ0v) is 10.3. The lowest BCUT2D eigenvalue weighted by Gasteiger charge is -2.20. The molecule has 1 N–H and O–H groups in total. The van der Waals surface area contributed by atoms with Gasteiger partial charge in [-0.3, -0.25) is 5.32 Å². The fraction of sp³-hybridized carbons (Fsp3) is 0.385. The molecule has 17 heavy (non-hydrogen) atoms. The lowest BCUT2D eigenvalue weighted by Crippen LogP contribution is -2.27. The van der Waals surface area contributed by atoms with Crippen LogP contribution in [0.25, 0.3) is 0 Å². The molecule has 0 aliphatic heterocycles. The normalized spacial score (nSPS) is 10.5. The van der Waals surface area contributed by atoms with E-state index in [1.165, 1.54) is 0 Å². The van der Waals surface area contributed by atoms with Gasteiger partial charge < -0.3 is 4.74 Å². The smallest absolute Gasteiger partial charge is 0.412 e. The van der Waals surface area contributed by atoms with E-state index < -0.39 is 11.7 Å². The number of nitrogens with zero attached hydrogens (tertiary/aromatic N) is 1. The van der Waals surface area contributed by atoms with Crippen LogP contribution in [0.2, 0.25) is 0 Å². The summed E-state index contributed by atoms with van der Waals surface area (Å²) >= 11 is 0. The Morgan fingerprint density at radius 1 is 1.41 bits per heavy atom. The molecule has 1 aromatic rings. The van der Waals surface area contributed by atoms with E-state index in [1.807, 2.05) is 6.07 Å². The van der Waals surface area contributed by atoms with Crippen LogP contribution >= 0.6 is 0 Å². The van der Waals surface area contributed by atoms with E-state index in [9.17, 15) is 4.79 Å². The first-order valence-corrected chi connectivity index (χ1v) is 5.37. The summed E-state index contributed by atoms with van der Waals surface area (Å²) in [6, 6.07) is 9.23. The van der Waals surface area contributed by atoms with Crippen LogP contribution in [-0.4, -0.2) is 11.7 Å². The lowest BCUT2D eigenvalue weighted by molar-refractivity contribution is 0.0636. The molecule has 0 saturated carbocycles. The fourth-order valence-corrected chi connectivity index (χ4v) is 1.30. The Kier molecular flexibility index (Phi) is 4.11. The summed E-state index contributed by atoms with van der Waals surface area (Å²) in [5.41, 5.74) is 0.859. The Bertz CT molecular complexity index is 441. The summed E-state index contributed by atoms with van der Waals surface area (Å²) in [7, 11) is 0. The maximum absolute atomic E-state index is 11.6. The third-order valence-electron chi connectivity index (χ3n) is 1.92. The zero-order valence-electron chi connectivity index (χ0n) is 10.3. The molecule has 1 aromatic carbocycles. The molecule has 0 heterocycles. The molecule has 0 bridgehead atoms. The number of rotatable bonds is 2. The number of anilines is 1. The third kappa shape index (κ3) is 4.56. The first kappa shape index (κ1) is 13.0. The summed E-state index contributed by atoms with van der Waals surface area (Å²) in [5, 5.41) is 11.3. The first-order chi connectivity index (χ1) is 7.92. The van der Waals surface area contributed by atoms with E-state index in [4.69, 9.17) is 10.00 Å². The highest BCUT2D eigenvalue weighted by Gasteiger charge is 2.16. The van der Waals surface area contributed by atoms with Gasteiger partial charge in [-0.2, -0.15) is 5.26 Å². The van der Waals surface area contributed by atoms with Gasteiger partial charge in [0.2, 0.25) is 0 Å². The van der Waals surface area contributed by atoms with Crippen LogP contribution in [0.15, 0.2) is 24.3 Å². The number of carbonyl (C=O) groups is 1. The molecule has 0 fully saturated rings. The largest absolute Gasteiger partial charge is 0.444 e. The highest BCUT2D eigenvalue weighted by molar-refractivity contribution is 5.86. The molecular formula is C13H16N2O2. The van der Waals surface area contributed by atoms with Gasteiger partial charge in [0, 0.05) is 5.69 Å². The maximum Gasteiger partial charge on any atom is 0.412 e. The third-order valence-corrected chi connectivity index (χ3v) is 1.92. The van der Waals surface area contributed by atoms with Crippen LogP contribution in [0.1, 0.15) is 26.3 Å². The van der Waals surface area contributed by atoms with Crippen molar-refractivity contribution in [2.75, 3.05) is 5.32 Å². The van der Waals surface area contributed by atoms with Crippen LogP contribution in [-0.2, 0) is 11.2 Å². The Hall–Kier alpha value is -2.02. The minimum Gasteiger partial charge on any atom is -0.444 e. The molecule has 0 aromatic heterocycles. The Balaban J connectivity index is 2.75. The molecule has 0 unspecified atom stereocenters. The summed E-state index contributed by atoms with van der Waals surface area (Å²) in [6.45, 7) is 5.40. The van der Waals surface area contributed by atoms with Crippen molar-refractivity contribution < 1.29 is 9.53 Å². The van der Waals surface area contributed by atoms with Crippen LogP contribution < -0.4 is 5.32 Å². The van der Waals surface area contributed by atoms with Gasteiger partial charge in [0.15, 0.2) is 0 Å². The van der Waals surface area contributed by atoms with Crippen molar-refractivity contribution in [3.63, 3.8) is 0 Å².